The first-order valence-electron chi connectivity index (χ1n) is 8.96. The molecule has 7 nitrogen and oxygen atoms in total. The molecule has 0 amide bonds. The van der Waals surface area contributed by atoms with Crippen LogP contribution in [0.3, 0.4) is 0 Å². The van der Waals surface area contributed by atoms with Gasteiger partial charge in [0.05, 0.1) is 10.5 Å². The molecular weight excluding hydrogens is 394 g/mol. The van der Waals surface area contributed by atoms with Crippen molar-refractivity contribution in [3.8, 4) is 0 Å². The minimum Gasteiger partial charge on any atom is -0.457 e. The monoisotopic (exact) mass is 419 g/mol. The SMILES string of the molecule is Cc1cccc(NS(=O)(=O)c2cc(C(=O)OCC(=O)OC(C)(C)C)ccc2C)c1. The Labute approximate surface area is 171 Å². The average molecular weight is 419 g/mol. The van der Waals surface area contributed by atoms with Gasteiger partial charge in [-0.15, -0.1) is 0 Å². The number of hydrogen-bond donors (Lipinski definition) is 1. The molecule has 0 fully saturated rings. The van der Waals surface area contributed by atoms with Crippen molar-refractivity contribution in [2.75, 3.05) is 11.3 Å². The molecule has 0 bridgehead atoms. The van der Waals surface area contributed by atoms with E-state index in [0.29, 0.717) is 11.3 Å². The van der Waals surface area contributed by atoms with E-state index >= 15 is 0 Å². The Morgan fingerprint density at radius 2 is 1.72 bits per heavy atom. The Kier molecular flexibility index (Phi) is 6.69. The molecule has 0 aliphatic heterocycles. The van der Waals surface area contributed by atoms with Gasteiger partial charge in [-0.3, -0.25) is 4.72 Å². The highest BCUT2D eigenvalue weighted by Crippen LogP contribution is 2.22. The summed E-state index contributed by atoms with van der Waals surface area (Å²) in [5, 5.41) is 0. The average Bonchev–Trinajstić information content (AvgIpc) is 2.58. The third kappa shape index (κ3) is 6.60. The predicted molar refractivity (Wildman–Crippen MR) is 109 cm³/mol. The van der Waals surface area contributed by atoms with Crippen molar-refractivity contribution < 1.29 is 27.5 Å². The number of nitrogens with one attached hydrogen (secondary N) is 1. The molecule has 0 atom stereocenters. The van der Waals surface area contributed by atoms with Gasteiger partial charge in [-0.25, -0.2) is 18.0 Å². The van der Waals surface area contributed by atoms with E-state index in [4.69, 9.17) is 9.47 Å². The maximum atomic E-state index is 12.8. The first-order valence-corrected chi connectivity index (χ1v) is 10.4. The van der Waals surface area contributed by atoms with Crippen molar-refractivity contribution >= 4 is 27.6 Å². The quantitative estimate of drug-likeness (QED) is 0.718. The summed E-state index contributed by atoms with van der Waals surface area (Å²) in [6, 6.07) is 11.1. The normalized spacial score (nSPS) is 11.6. The number of aryl methyl sites for hydroxylation is 2. The van der Waals surface area contributed by atoms with Crippen LogP contribution >= 0.6 is 0 Å². The molecule has 0 saturated carbocycles. The van der Waals surface area contributed by atoms with E-state index in [1.807, 2.05) is 13.0 Å². The zero-order valence-corrected chi connectivity index (χ0v) is 17.9. The molecular formula is C21H25NO6S. The molecule has 0 radical (unpaired) electrons. The zero-order chi connectivity index (χ0) is 21.8. The highest BCUT2D eigenvalue weighted by atomic mass is 32.2. The lowest BCUT2D eigenvalue weighted by Gasteiger charge is -2.19. The second-order valence-electron chi connectivity index (χ2n) is 7.62. The molecule has 0 spiro atoms. The van der Waals surface area contributed by atoms with Gasteiger partial charge in [-0.2, -0.15) is 0 Å². The Balaban J connectivity index is 2.18. The Bertz CT molecular complexity index is 1020. The molecule has 29 heavy (non-hydrogen) atoms. The lowest BCUT2D eigenvalue weighted by molar-refractivity contribution is -0.158. The Morgan fingerprint density at radius 3 is 2.34 bits per heavy atom. The van der Waals surface area contributed by atoms with Gasteiger partial charge in [-0.05, 0) is 70.0 Å². The van der Waals surface area contributed by atoms with Crippen LogP contribution in [0.2, 0.25) is 0 Å². The number of benzene rings is 2. The Hall–Kier alpha value is -2.87. The summed E-state index contributed by atoms with van der Waals surface area (Å²) in [7, 11) is -3.92. The fourth-order valence-electron chi connectivity index (χ4n) is 2.51. The van der Waals surface area contributed by atoms with Crippen LogP contribution in [0.1, 0.15) is 42.3 Å². The van der Waals surface area contributed by atoms with Crippen molar-refractivity contribution in [2.24, 2.45) is 0 Å². The third-order valence-electron chi connectivity index (χ3n) is 3.72. The van der Waals surface area contributed by atoms with Gasteiger partial charge in [0.25, 0.3) is 10.0 Å². The summed E-state index contributed by atoms with van der Waals surface area (Å²) >= 11 is 0. The maximum Gasteiger partial charge on any atom is 0.344 e. The molecule has 2 rings (SSSR count). The van der Waals surface area contributed by atoms with Gasteiger partial charge in [-0.1, -0.05) is 18.2 Å². The smallest absolute Gasteiger partial charge is 0.344 e. The number of sulfonamides is 1. The number of ether oxygens (including phenoxy) is 2. The van der Waals surface area contributed by atoms with Gasteiger partial charge in [0.2, 0.25) is 0 Å². The fraction of sp³-hybridized carbons (Fsp3) is 0.333. The maximum absolute atomic E-state index is 12.8. The first-order chi connectivity index (χ1) is 13.4. The third-order valence-corrected chi connectivity index (χ3v) is 5.25. The topological polar surface area (TPSA) is 98.8 Å². The van der Waals surface area contributed by atoms with Gasteiger partial charge >= 0.3 is 11.9 Å². The van der Waals surface area contributed by atoms with Gasteiger partial charge < -0.3 is 9.47 Å². The van der Waals surface area contributed by atoms with Gasteiger partial charge in [0, 0.05) is 5.69 Å². The van der Waals surface area contributed by atoms with Gasteiger partial charge in [0.15, 0.2) is 6.61 Å². The second-order valence-corrected chi connectivity index (χ2v) is 9.27. The summed E-state index contributed by atoms with van der Waals surface area (Å²) in [6.45, 7) is 8.01. The van der Waals surface area contributed by atoms with E-state index in [2.05, 4.69) is 4.72 Å². The molecule has 0 aromatic heterocycles. The largest absolute Gasteiger partial charge is 0.457 e. The zero-order valence-electron chi connectivity index (χ0n) is 17.1. The molecule has 156 valence electrons. The van der Waals surface area contributed by atoms with E-state index in [-0.39, 0.29) is 10.5 Å². The van der Waals surface area contributed by atoms with Crippen molar-refractivity contribution in [3.63, 3.8) is 0 Å². The number of carbonyl (C=O) groups is 2. The molecule has 0 unspecified atom stereocenters. The second kappa shape index (κ2) is 8.65. The van der Waals surface area contributed by atoms with Gasteiger partial charge in [0.1, 0.15) is 5.60 Å². The first kappa shape index (κ1) is 22.4. The number of anilines is 1. The highest BCUT2D eigenvalue weighted by Gasteiger charge is 2.22. The van der Waals surface area contributed by atoms with Crippen LogP contribution in [0.5, 0.6) is 0 Å². The summed E-state index contributed by atoms with van der Waals surface area (Å²) in [4.78, 5) is 23.9. The molecule has 2 aromatic carbocycles. The number of hydrogen-bond acceptors (Lipinski definition) is 6. The molecule has 0 aliphatic rings. The van der Waals surface area contributed by atoms with Crippen molar-refractivity contribution in [1.82, 2.24) is 0 Å². The van der Waals surface area contributed by atoms with Crippen molar-refractivity contribution in [1.29, 1.82) is 0 Å². The molecule has 0 saturated heterocycles. The molecule has 0 aliphatic carbocycles. The standard InChI is InChI=1S/C21H25NO6S/c1-14-7-6-8-17(11-14)22-29(25,26)18-12-16(10-9-15(18)2)20(24)27-13-19(23)28-21(3,4)5/h6-12,22H,13H2,1-5H3. The minimum atomic E-state index is -3.92. The van der Waals surface area contributed by atoms with Crippen LogP contribution in [-0.4, -0.2) is 32.6 Å². The van der Waals surface area contributed by atoms with E-state index in [1.54, 1.807) is 45.9 Å². The van der Waals surface area contributed by atoms with E-state index < -0.39 is 34.2 Å². The summed E-state index contributed by atoms with van der Waals surface area (Å²) in [5.74, 6) is -1.50. The van der Waals surface area contributed by atoms with E-state index in [0.717, 1.165) is 5.56 Å². The molecule has 0 heterocycles. The lowest BCUT2D eigenvalue weighted by atomic mass is 10.1. The highest BCUT2D eigenvalue weighted by molar-refractivity contribution is 7.92. The van der Waals surface area contributed by atoms with Crippen molar-refractivity contribution in [3.05, 3.63) is 59.2 Å². The number of rotatable bonds is 6. The van der Waals surface area contributed by atoms with Crippen LogP contribution in [0.15, 0.2) is 47.4 Å². The van der Waals surface area contributed by atoms with Crippen LogP contribution in [0, 0.1) is 13.8 Å². The molecule has 2 aromatic rings. The van der Waals surface area contributed by atoms with Crippen LogP contribution in [-0.2, 0) is 24.3 Å². The molecule has 8 heteroatoms. The predicted octanol–water partition coefficient (Wildman–Crippen LogP) is 3.60. The van der Waals surface area contributed by atoms with Crippen LogP contribution in [0.4, 0.5) is 5.69 Å². The number of esters is 2. The van der Waals surface area contributed by atoms with E-state index in [9.17, 15) is 18.0 Å². The summed E-state index contributed by atoms with van der Waals surface area (Å²) in [6.07, 6.45) is 0. The number of carbonyl (C=O) groups excluding carboxylic acids is 2. The fourth-order valence-corrected chi connectivity index (χ4v) is 3.84. The summed E-state index contributed by atoms with van der Waals surface area (Å²) in [5.41, 5.74) is 1.11. The molecule has 1 N–H and O–H groups in total. The lowest BCUT2D eigenvalue weighted by Crippen LogP contribution is -2.27. The van der Waals surface area contributed by atoms with Crippen LogP contribution in [0.25, 0.3) is 0 Å². The van der Waals surface area contributed by atoms with Crippen LogP contribution < -0.4 is 4.72 Å². The van der Waals surface area contributed by atoms with Crippen molar-refractivity contribution in [2.45, 2.75) is 45.1 Å². The van der Waals surface area contributed by atoms with E-state index in [1.165, 1.54) is 18.2 Å². The summed E-state index contributed by atoms with van der Waals surface area (Å²) < 4.78 is 38.1. The Morgan fingerprint density at radius 1 is 1.03 bits per heavy atom. The minimum absolute atomic E-state index is 0.0174.